The summed E-state index contributed by atoms with van der Waals surface area (Å²) in [6.07, 6.45) is 7.49. The Labute approximate surface area is 138 Å². The number of nitrogens with zero attached hydrogens (tertiary/aromatic N) is 1. The van der Waals surface area contributed by atoms with E-state index in [9.17, 15) is 0 Å². The fourth-order valence-electron chi connectivity index (χ4n) is 2.47. The standard InChI is InChI=1S/C20H21NO2/c1-5-13-21(18-10-8-7-9-17(18)6-2)15-16-11-12-19(22-3)20(14-16)23-4/h2,5,7-12,14H,1,13,15H2,3-4H3. The van der Waals surface area contributed by atoms with Gasteiger partial charge in [0.25, 0.3) is 0 Å². The van der Waals surface area contributed by atoms with Crippen LogP contribution in [0.2, 0.25) is 0 Å². The third-order valence-corrected chi connectivity index (χ3v) is 3.57. The first-order valence-electron chi connectivity index (χ1n) is 7.35. The third-order valence-electron chi connectivity index (χ3n) is 3.57. The van der Waals surface area contributed by atoms with E-state index in [1.807, 2.05) is 48.5 Å². The Morgan fingerprint density at radius 3 is 2.52 bits per heavy atom. The molecule has 0 saturated carbocycles. The largest absolute Gasteiger partial charge is 0.493 e. The van der Waals surface area contributed by atoms with E-state index in [2.05, 4.69) is 17.4 Å². The zero-order valence-electron chi connectivity index (χ0n) is 13.6. The van der Waals surface area contributed by atoms with E-state index in [1.165, 1.54) is 0 Å². The van der Waals surface area contributed by atoms with Gasteiger partial charge in [-0.1, -0.05) is 30.2 Å². The lowest BCUT2D eigenvalue weighted by molar-refractivity contribution is 0.354. The maximum atomic E-state index is 5.62. The lowest BCUT2D eigenvalue weighted by Gasteiger charge is -2.25. The molecule has 2 aromatic carbocycles. The van der Waals surface area contributed by atoms with E-state index in [0.717, 1.165) is 22.6 Å². The number of benzene rings is 2. The van der Waals surface area contributed by atoms with E-state index >= 15 is 0 Å². The molecule has 0 N–H and O–H groups in total. The average molecular weight is 307 g/mol. The molecular weight excluding hydrogens is 286 g/mol. The van der Waals surface area contributed by atoms with Crippen LogP contribution in [-0.2, 0) is 6.54 Å². The summed E-state index contributed by atoms with van der Waals surface area (Å²) in [5.41, 5.74) is 3.00. The van der Waals surface area contributed by atoms with Gasteiger partial charge in [0.15, 0.2) is 11.5 Å². The molecule has 0 fully saturated rings. The minimum atomic E-state index is 0.699. The van der Waals surface area contributed by atoms with Gasteiger partial charge in [0.05, 0.1) is 19.9 Å². The first-order valence-corrected chi connectivity index (χ1v) is 7.35. The second-order valence-electron chi connectivity index (χ2n) is 5.02. The van der Waals surface area contributed by atoms with Gasteiger partial charge in [-0.2, -0.15) is 0 Å². The van der Waals surface area contributed by atoms with Crippen molar-refractivity contribution in [3.05, 3.63) is 66.2 Å². The smallest absolute Gasteiger partial charge is 0.161 e. The molecule has 0 atom stereocenters. The van der Waals surface area contributed by atoms with Crippen molar-refractivity contribution in [2.45, 2.75) is 6.54 Å². The first kappa shape index (κ1) is 16.5. The predicted octanol–water partition coefficient (Wildman–Crippen LogP) is 3.88. The lowest BCUT2D eigenvalue weighted by Crippen LogP contribution is -2.23. The molecule has 118 valence electrons. The van der Waals surface area contributed by atoms with Gasteiger partial charge < -0.3 is 14.4 Å². The van der Waals surface area contributed by atoms with Gasteiger partial charge in [-0.05, 0) is 29.8 Å². The monoisotopic (exact) mass is 307 g/mol. The molecule has 2 aromatic rings. The van der Waals surface area contributed by atoms with Crippen LogP contribution >= 0.6 is 0 Å². The van der Waals surface area contributed by atoms with E-state index in [0.29, 0.717) is 18.8 Å². The molecule has 0 unspecified atom stereocenters. The Bertz CT molecular complexity index is 716. The molecule has 0 bridgehead atoms. The summed E-state index contributed by atoms with van der Waals surface area (Å²) in [5, 5.41) is 0. The quantitative estimate of drug-likeness (QED) is 0.572. The number of hydrogen-bond donors (Lipinski definition) is 0. The summed E-state index contributed by atoms with van der Waals surface area (Å²) in [6.45, 7) is 5.25. The number of hydrogen-bond acceptors (Lipinski definition) is 3. The van der Waals surface area contributed by atoms with E-state index in [4.69, 9.17) is 15.9 Å². The highest BCUT2D eigenvalue weighted by atomic mass is 16.5. The molecule has 3 nitrogen and oxygen atoms in total. The zero-order valence-corrected chi connectivity index (χ0v) is 13.6. The van der Waals surface area contributed by atoms with Crippen LogP contribution in [0, 0.1) is 12.3 Å². The molecular formula is C20H21NO2. The van der Waals surface area contributed by atoms with Gasteiger partial charge in [0, 0.05) is 18.7 Å². The highest BCUT2D eigenvalue weighted by molar-refractivity contribution is 5.61. The molecule has 3 heteroatoms. The number of terminal acetylenes is 1. The van der Waals surface area contributed by atoms with Crippen molar-refractivity contribution in [3.63, 3.8) is 0 Å². The second kappa shape index (κ2) is 7.95. The van der Waals surface area contributed by atoms with Crippen LogP contribution < -0.4 is 14.4 Å². The third kappa shape index (κ3) is 3.87. The minimum Gasteiger partial charge on any atom is -0.493 e. The van der Waals surface area contributed by atoms with E-state index < -0.39 is 0 Å². The summed E-state index contributed by atoms with van der Waals surface area (Å²) in [7, 11) is 3.27. The number of methoxy groups -OCH3 is 2. The molecule has 0 radical (unpaired) electrons. The highest BCUT2D eigenvalue weighted by Gasteiger charge is 2.11. The van der Waals surface area contributed by atoms with Crippen LogP contribution in [0.5, 0.6) is 11.5 Å². The Balaban J connectivity index is 2.33. The summed E-state index contributed by atoms with van der Waals surface area (Å²) in [4.78, 5) is 2.18. The molecule has 0 aromatic heterocycles. The summed E-state index contributed by atoms with van der Waals surface area (Å²) in [5.74, 6) is 4.17. The van der Waals surface area contributed by atoms with Gasteiger partial charge in [-0.3, -0.25) is 0 Å². The van der Waals surface area contributed by atoms with Crippen LogP contribution in [0.1, 0.15) is 11.1 Å². The van der Waals surface area contributed by atoms with Gasteiger partial charge in [-0.25, -0.2) is 0 Å². The van der Waals surface area contributed by atoms with Crippen LogP contribution in [0.15, 0.2) is 55.1 Å². The van der Waals surface area contributed by atoms with Crippen LogP contribution in [0.3, 0.4) is 0 Å². The van der Waals surface area contributed by atoms with Crippen molar-refractivity contribution in [2.24, 2.45) is 0 Å². The number of rotatable bonds is 7. The summed E-state index contributed by atoms with van der Waals surface area (Å²) >= 11 is 0. The fourth-order valence-corrected chi connectivity index (χ4v) is 2.47. The second-order valence-corrected chi connectivity index (χ2v) is 5.02. The Kier molecular flexibility index (Phi) is 5.71. The van der Waals surface area contributed by atoms with Crippen molar-refractivity contribution in [1.29, 1.82) is 0 Å². The van der Waals surface area contributed by atoms with E-state index in [1.54, 1.807) is 14.2 Å². The zero-order chi connectivity index (χ0) is 16.7. The predicted molar refractivity (Wildman–Crippen MR) is 95.2 cm³/mol. The maximum absolute atomic E-state index is 5.62. The van der Waals surface area contributed by atoms with E-state index in [-0.39, 0.29) is 0 Å². The van der Waals surface area contributed by atoms with Gasteiger partial charge in [0.2, 0.25) is 0 Å². The lowest BCUT2D eigenvalue weighted by atomic mass is 10.1. The minimum absolute atomic E-state index is 0.699. The number of ether oxygens (including phenoxy) is 2. The molecule has 0 spiro atoms. The average Bonchev–Trinajstić information content (AvgIpc) is 2.61. The Morgan fingerprint density at radius 2 is 1.87 bits per heavy atom. The summed E-state index contributed by atoms with van der Waals surface area (Å²) in [6, 6.07) is 13.8. The van der Waals surface area contributed by atoms with Gasteiger partial charge in [0.1, 0.15) is 0 Å². The fraction of sp³-hybridized carbons (Fsp3) is 0.200. The number of anilines is 1. The van der Waals surface area contributed by atoms with Crippen molar-refractivity contribution in [3.8, 4) is 23.8 Å². The molecule has 0 aliphatic carbocycles. The molecule has 2 rings (SSSR count). The molecule has 0 aliphatic rings. The molecule has 0 saturated heterocycles. The van der Waals surface area contributed by atoms with Crippen molar-refractivity contribution in [1.82, 2.24) is 0 Å². The van der Waals surface area contributed by atoms with Gasteiger partial charge in [-0.15, -0.1) is 13.0 Å². The van der Waals surface area contributed by atoms with Gasteiger partial charge >= 0.3 is 0 Å². The summed E-state index contributed by atoms with van der Waals surface area (Å²) < 4.78 is 10.7. The van der Waals surface area contributed by atoms with Crippen molar-refractivity contribution >= 4 is 5.69 Å². The SMILES string of the molecule is C#Cc1ccccc1N(CC=C)Cc1ccc(OC)c(OC)c1. The molecule has 0 amide bonds. The van der Waals surface area contributed by atoms with Crippen LogP contribution in [0.25, 0.3) is 0 Å². The Hall–Kier alpha value is -2.86. The van der Waals surface area contributed by atoms with Crippen LogP contribution in [-0.4, -0.2) is 20.8 Å². The number of para-hydroxylation sites is 1. The first-order chi connectivity index (χ1) is 11.2. The van der Waals surface area contributed by atoms with Crippen molar-refractivity contribution in [2.75, 3.05) is 25.7 Å². The van der Waals surface area contributed by atoms with Crippen LogP contribution in [0.4, 0.5) is 5.69 Å². The normalized spacial score (nSPS) is 9.78. The molecule has 0 heterocycles. The maximum Gasteiger partial charge on any atom is 0.161 e. The molecule has 23 heavy (non-hydrogen) atoms. The van der Waals surface area contributed by atoms with Crippen molar-refractivity contribution < 1.29 is 9.47 Å². The topological polar surface area (TPSA) is 21.7 Å². The Morgan fingerprint density at radius 1 is 1.13 bits per heavy atom. The highest BCUT2D eigenvalue weighted by Crippen LogP contribution is 2.29. The molecule has 0 aliphatic heterocycles.